The van der Waals surface area contributed by atoms with Gasteiger partial charge in [-0.2, -0.15) is 0 Å². The number of fused-ring (bicyclic) bond motifs is 12. The lowest BCUT2D eigenvalue weighted by Crippen LogP contribution is -2.00. The molecule has 0 radical (unpaired) electrons. The van der Waals surface area contributed by atoms with E-state index in [-0.39, 0.29) is 0 Å². The maximum absolute atomic E-state index is 5.10. The van der Waals surface area contributed by atoms with Gasteiger partial charge < -0.3 is 13.7 Å². The number of aromatic nitrogens is 4. The average Bonchev–Trinajstić information content (AvgIpc) is 4.02. The quantitative estimate of drug-likeness (QED) is 0.159. The maximum atomic E-state index is 5.10. The minimum atomic E-state index is 0.987. The van der Waals surface area contributed by atoms with Crippen LogP contribution in [0.1, 0.15) is 0 Å². The number of para-hydroxylation sites is 7. The van der Waals surface area contributed by atoms with E-state index in [1.165, 1.54) is 76.4 Å². The third kappa shape index (κ3) is 5.28. The Hall–Kier alpha value is -8.73. The molecular weight excluding hydrogens is 789 g/mol. The first-order chi connectivity index (χ1) is 32.3. The molecule has 0 saturated heterocycles. The first kappa shape index (κ1) is 35.8. The minimum absolute atomic E-state index is 0.987. The van der Waals surface area contributed by atoms with Crippen LogP contribution in [0.15, 0.2) is 231 Å². The topological polar surface area (TPSA) is 27.7 Å². The van der Waals surface area contributed by atoms with E-state index in [9.17, 15) is 0 Å². The molecule has 0 spiro atoms. The Bertz CT molecular complexity index is 4000. The lowest BCUT2D eigenvalue weighted by atomic mass is 9.91. The molecule has 302 valence electrons. The molecule has 4 nitrogen and oxygen atoms in total. The van der Waals surface area contributed by atoms with Crippen molar-refractivity contribution in [2.24, 2.45) is 0 Å². The molecule has 0 aliphatic carbocycles. The Morgan fingerprint density at radius 2 is 0.723 bits per heavy atom. The van der Waals surface area contributed by atoms with Crippen LogP contribution in [0.25, 0.3) is 126 Å². The van der Waals surface area contributed by atoms with Crippen LogP contribution in [0, 0.1) is 0 Å². The van der Waals surface area contributed by atoms with Crippen molar-refractivity contribution >= 4 is 87.1 Å². The molecule has 0 amide bonds. The number of rotatable bonds is 5. The highest BCUT2D eigenvalue weighted by Gasteiger charge is 2.22. The molecule has 10 aromatic carbocycles. The van der Waals surface area contributed by atoms with Crippen molar-refractivity contribution in [2.45, 2.75) is 0 Å². The number of nitrogens with zero attached hydrogens (tertiary/aromatic N) is 4. The highest BCUT2D eigenvalue weighted by atomic mass is 15.0. The van der Waals surface area contributed by atoms with Gasteiger partial charge in [0.1, 0.15) is 0 Å². The fraction of sp³-hybridized carbons (Fsp3) is 0. The minimum Gasteiger partial charge on any atom is -0.309 e. The van der Waals surface area contributed by atoms with Gasteiger partial charge >= 0.3 is 0 Å². The van der Waals surface area contributed by atoms with E-state index >= 15 is 0 Å². The summed E-state index contributed by atoms with van der Waals surface area (Å²) in [5, 5.41) is 10.9. The largest absolute Gasteiger partial charge is 0.309 e. The molecule has 0 aliphatic rings. The second-order valence-electron chi connectivity index (χ2n) is 17.1. The van der Waals surface area contributed by atoms with Crippen LogP contribution in [0.5, 0.6) is 0 Å². The Balaban J connectivity index is 1.08. The highest BCUT2D eigenvalue weighted by molar-refractivity contribution is 6.26. The first-order valence-electron chi connectivity index (χ1n) is 22.3. The molecular formula is C61H38N4. The average molecular weight is 827 g/mol. The normalized spacial score (nSPS) is 12.0. The predicted octanol–water partition coefficient (Wildman–Crippen LogP) is 16.0. The van der Waals surface area contributed by atoms with Crippen molar-refractivity contribution in [1.82, 2.24) is 18.7 Å². The Labute approximate surface area is 374 Å². The lowest BCUT2D eigenvalue weighted by molar-refractivity contribution is 1.13. The fourth-order valence-electron chi connectivity index (χ4n) is 10.9. The molecule has 0 saturated carbocycles. The molecule has 0 fully saturated rings. The molecule has 14 aromatic rings. The lowest BCUT2D eigenvalue weighted by Gasteiger charge is -2.17. The summed E-state index contributed by atoms with van der Waals surface area (Å²) in [6.45, 7) is 0. The van der Waals surface area contributed by atoms with Gasteiger partial charge in [0, 0.05) is 71.9 Å². The third-order valence-electron chi connectivity index (χ3n) is 13.6. The van der Waals surface area contributed by atoms with Crippen LogP contribution >= 0.6 is 0 Å². The van der Waals surface area contributed by atoms with Crippen molar-refractivity contribution in [3.8, 4) is 39.3 Å². The maximum Gasteiger partial charge on any atom is 0.0708 e. The summed E-state index contributed by atoms with van der Waals surface area (Å²) in [6.07, 6.45) is 2.09. The van der Waals surface area contributed by atoms with E-state index in [1.54, 1.807) is 0 Å². The van der Waals surface area contributed by atoms with Crippen LogP contribution in [-0.4, -0.2) is 18.7 Å². The second-order valence-corrected chi connectivity index (χ2v) is 17.1. The van der Waals surface area contributed by atoms with Crippen LogP contribution in [-0.2, 0) is 0 Å². The van der Waals surface area contributed by atoms with Gasteiger partial charge in [0.15, 0.2) is 0 Å². The summed E-state index contributed by atoms with van der Waals surface area (Å²) in [5.74, 6) is 0. The fourth-order valence-corrected chi connectivity index (χ4v) is 10.9. The van der Waals surface area contributed by atoms with Crippen LogP contribution in [0.2, 0.25) is 0 Å². The zero-order chi connectivity index (χ0) is 42.6. The molecule has 0 unspecified atom stereocenters. The number of pyridine rings is 1. The molecule has 0 bridgehead atoms. The number of hydrogen-bond acceptors (Lipinski definition) is 1. The SMILES string of the molecule is c1ccc(-n2c3ccccc3c3c(-c4cccc(-c5cc(-n6c7ccccc7c7ccccc76)cc(-n6c7ccccc7c7ccccc76)c5)c4)c4cnc5ccccc5c4cc32)cc1. The van der Waals surface area contributed by atoms with Crippen molar-refractivity contribution in [2.75, 3.05) is 0 Å². The number of hydrogen-bond donors (Lipinski definition) is 0. The summed E-state index contributed by atoms with van der Waals surface area (Å²) in [5.41, 5.74) is 16.0. The van der Waals surface area contributed by atoms with Gasteiger partial charge in [-0.25, -0.2) is 0 Å². The van der Waals surface area contributed by atoms with Gasteiger partial charge in [0.05, 0.1) is 38.6 Å². The van der Waals surface area contributed by atoms with Crippen molar-refractivity contribution in [1.29, 1.82) is 0 Å². The second kappa shape index (κ2) is 13.9. The molecule has 0 N–H and O–H groups in total. The number of benzene rings is 10. The van der Waals surface area contributed by atoms with Gasteiger partial charge in [-0.05, 0) is 101 Å². The molecule has 14 rings (SSSR count). The molecule has 4 heterocycles. The Morgan fingerprint density at radius 1 is 0.262 bits per heavy atom. The van der Waals surface area contributed by atoms with Crippen molar-refractivity contribution in [3.05, 3.63) is 231 Å². The van der Waals surface area contributed by atoms with Gasteiger partial charge in [-0.1, -0.05) is 146 Å². The van der Waals surface area contributed by atoms with Crippen molar-refractivity contribution < 1.29 is 0 Å². The zero-order valence-electron chi connectivity index (χ0n) is 35.2. The van der Waals surface area contributed by atoms with E-state index < -0.39 is 0 Å². The van der Waals surface area contributed by atoms with Crippen LogP contribution in [0.4, 0.5) is 0 Å². The molecule has 0 aliphatic heterocycles. The monoisotopic (exact) mass is 826 g/mol. The molecule has 4 aromatic heterocycles. The highest BCUT2D eigenvalue weighted by Crippen LogP contribution is 2.46. The Morgan fingerprint density at radius 3 is 1.31 bits per heavy atom. The van der Waals surface area contributed by atoms with E-state index in [4.69, 9.17) is 4.98 Å². The smallest absolute Gasteiger partial charge is 0.0708 e. The van der Waals surface area contributed by atoms with Gasteiger partial charge in [-0.15, -0.1) is 0 Å². The summed E-state index contributed by atoms with van der Waals surface area (Å²) < 4.78 is 7.32. The summed E-state index contributed by atoms with van der Waals surface area (Å²) >= 11 is 0. The first-order valence-corrected chi connectivity index (χ1v) is 22.3. The summed E-state index contributed by atoms with van der Waals surface area (Å²) in [6, 6.07) is 82.0. The third-order valence-corrected chi connectivity index (χ3v) is 13.6. The van der Waals surface area contributed by atoms with Crippen molar-refractivity contribution in [3.63, 3.8) is 0 Å². The molecule has 4 heteroatoms. The van der Waals surface area contributed by atoms with Gasteiger partial charge in [-0.3, -0.25) is 4.98 Å². The standard InChI is InChI=1S/C61H38N4/c1-2-19-42(20-3-1)63-58-32-15-9-26-50(58)61-59(63)37-51-45-21-4-10-27-53(45)62-38-52(51)60(61)40-18-16-17-39(33-40)41-34-43(64-54-28-11-5-22-46(54)47-23-6-12-29-55(47)64)36-44(35-41)65-56-30-13-7-24-48(56)49-25-8-14-31-57(49)65/h1-38H. The van der Waals surface area contributed by atoms with Crippen LogP contribution < -0.4 is 0 Å². The summed E-state index contributed by atoms with van der Waals surface area (Å²) in [7, 11) is 0. The summed E-state index contributed by atoms with van der Waals surface area (Å²) in [4.78, 5) is 5.10. The van der Waals surface area contributed by atoms with Crippen LogP contribution in [0.3, 0.4) is 0 Å². The predicted molar refractivity (Wildman–Crippen MR) is 273 cm³/mol. The van der Waals surface area contributed by atoms with E-state index in [0.29, 0.717) is 0 Å². The molecule has 65 heavy (non-hydrogen) atoms. The zero-order valence-corrected chi connectivity index (χ0v) is 35.2. The van der Waals surface area contributed by atoms with E-state index in [1.807, 2.05) is 0 Å². The Kier molecular flexibility index (Phi) is 7.65. The molecule has 0 atom stereocenters. The van der Waals surface area contributed by atoms with E-state index in [0.717, 1.165) is 50.0 Å². The van der Waals surface area contributed by atoms with Gasteiger partial charge in [0.25, 0.3) is 0 Å². The van der Waals surface area contributed by atoms with Gasteiger partial charge in [0.2, 0.25) is 0 Å². The van der Waals surface area contributed by atoms with E-state index in [2.05, 4.69) is 244 Å².